The van der Waals surface area contributed by atoms with Crippen molar-refractivity contribution >= 4 is 33.2 Å². The highest BCUT2D eigenvalue weighted by atomic mass is 79.9. The van der Waals surface area contributed by atoms with E-state index in [9.17, 15) is 14.9 Å². The monoisotopic (exact) mass is 329 g/mol. The van der Waals surface area contributed by atoms with Gasteiger partial charge in [0.2, 0.25) is 5.91 Å². The van der Waals surface area contributed by atoms with Crippen LogP contribution < -0.4 is 11.1 Å². The molecule has 0 aromatic heterocycles. The van der Waals surface area contributed by atoms with Crippen molar-refractivity contribution in [2.75, 3.05) is 5.32 Å². The molecule has 0 heterocycles. The summed E-state index contributed by atoms with van der Waals surface area (Å²) in [5, 5.41) is 13.3. The Morgan fingerprint density at radius 2 is 2.05 bits per heavy atom. The van der Waals surface area contributed by atoms with E-state index in [0.717, 1.165) is 0 Å². The number of nitrogens with one attached hydrogen (secondary N) is 1. The van der Waals surface area contributed by atoms with Gasteiger partial charge in [0, 0.05) is 16.6 Å². The second-order valence-corrected chi connectivity index (χ2v) is 6.11. The lowest BCUT2D eigenvalue weighted by Gasteiger charge is -2.25. The standard InChI is InChI=1S/C12H16BrN3O3/c1-12(2,3)10(14)11(17)15-9-6-7(16(18)19)4-5-8(9)13/h4-6,10H,14H2,1-3H3,(H,15,17). The lowest BCUT2D eigenvalue weighted by molar-refractivity contribution is -0.384. The van der Waals surface area contributed by atoms with E-state index in [1.807, 2.05) is 20.8 Å². The highest BCUT2D eigenvalue weighted by Crippen LogP contribution is 2.28. The van der Waals surface area contributed by atoms with Gasteiger partial charge in [-0.3, -0.25) is 14.9 Å². The number of hydrogen-bond donors (Lipinski definition) is 2. The van der Waals surface area contributed by atoms with Crippen LogP contribution in [0.5, 0.6) is 0 Å². The minimum Gasteiger partial charge on any atom is -0.323 e. The van der Waals surface area contributed by atoms with Crippen molar-refractivity contribution in [1.82, 2.24) is 0 Å². The third kappa shape index (κ3) is 4.00. The number of hydrogen-bond acceptors (Lipinski definition) is 4. The van der Waals surface area contributed by atoms with Crippen LogP contribution in [0.1, 0.15) is 20.8 Å². The molecule has 104 valence electrons. The second kappa shape index (κ2) is 5.66. The molecule has 19 heavy (non-hydrogen) atoms. The SMILES string of the molecule is CC(C)(C)C(N)C(=O)Nc1cc([N+](=O)[O-])ccc1Br. The fourth-order valence-electron chi connectivity index (χ4n) is 1.33. The number of amides is 1. The molecule has 1 rings (SSSR count). The lowest BCUT2D eigenvalue weighted by Crippen LogP contribution is -2.45. The van der Waals surface area contributed by atoms with Crippen LogP contribution in [-0.4, -0.2) is 16.9 Å². The first-order valence-corrected chi connectivity index (χ1v) is 6.42. The van der Waals surface area contributed by atoms with E-state index in [4.69, 9.17) is 5.73 Å². The molecule has 3 N–H and O–H groups in total. The third-order valence-electron chi connectivity index (χ3n) is 2.63. The molecule has 0 bridgehead atoms. The largest absolute Gasteiger partial charge is 0.323 e. The summed E-state index contributed by atoms with van der Waals surface area (Å²) >= 11 is 3.23. The van der Waals surface area contributed by atoms with E-state index < -0.39 is 16.4 Å². The average Bonchev–Trinajstić information content (AvgIpc) is 2.29. The molecule has 0 radical (unpaired) electrons. The molecule has 6 nitrogen and oxygen atoms in total. The Morgan fingerprint density at radius 3 is 2.53 bits per heavy atom. The number of nitro groups is 1. The Bertz CT molecular complexity index is 511. The second-order valence-electron chi connectivity index (χ2n) is 5.25. The zero-order valence-corrected chi connectivity index (χ0v) is 12.5. The summed E-state index contributed by atoms with van der Waals surface area (Å²) in [6.45, 7) is 5.54. The smallest absolute Gasteiger partial charge is 0.271 e. The molecule has 1 aromatic carbocycles. The van der Waals surface area contributed by atoms with Gasteiger partial charge in [-0.2, -0.15) is 0 Å². The van der Waals surface area contributed by atoms with Gasteiger partial charge >= 0.3 is 0 Å². The van der Waals surface area contributed by atoms with Crippen molar-refractivity contribution in [3.05, 3.63) is 32.8 Å². The average molecular weight is 330 g/mol. The van der Waals surface area contributed by atoms with Crippen molar-refractivity contribution in [3.8, 4) is 0 Å². The van der Waals surface area contributed by atoms with Crippen LogP contribution in [0, 0.1) is 15.5 Å². The molecule has 0 aliphatic heterocycles. The summed E-state index contributed by atoms with van der Waals surface area (Å²) in [7, 11) is 0. The molecule has 0 saturated heterocycles. The van der Waals surface area contributed by atoms with Gasteiger partial charge in [-0.1, -0.05) is 20.8 Å². The van der Waals surface area contributed by atoms with Gasteiger partial charge in [-0.15, -0.1) is 0 Å². The number of carbonyl (C=O) groups excluding carboxylic acids is 1. The highest BCUT2D eigenvalue weighted by molar-refractivity contribution is 9.10. The van der Waals surface area contributed by atoms with Gasteiger partial charge < -0.3 is 11.1 Å². The Hall–Kier alpha value is -1.47. The van der Waals surface area contributed by atoms with Gasteiger partial charge in [0.1, 0.15) is 0 Å². The van der Waals surface area contributed by atoms with Crippen molar-refractivity contribution in [3.63, 3.8) is 0 Å². The third-order valence-corrected chi connectivity index (χ3v) is 3.33. The lowest BCUT2D eigenvalue weighted by atomic mass is 9.87. The van der Waals surface area contributed by atoms with E-state index in [-0.39, 0.29) is 11.6 Å². The number of rotatable bonds is 3. The molecule has 0 aliphatic carbocycles. The molecular weight excluding hydrogens is 314 g/mol. The summed E-state index contributed by atoms with van der Waals surface area (Å²) in [5.74, 6) is -0.381. The van der Waals surface area contributed by atoms with E-state index in [2.05, 4.69) is 21.2 Å². The van der Waals surface area contributed by atoms with E-state index in [1.54, 1.807) is 0 Å². The molecule has 1 unspecified atom stereocenters. The van der Waals surface area contributed by atoms with E-state index in [0.29, 0.717) is 10.2 Å². The molecule has 1 amide bonds. The van der Waals surface area contributed by atoms with Crippen LogP contribution in [0.25, 0.3) is 0 Å². The van der Waals surface area contributed by atoms with Crippen molar-refractivity contribution in [2.24, 2.45) is 11.1 Å². The van der Waals surface area contributed by atoms with Gasteiger partial charge in [-0.05, 0) is 27.4 Å². The van der Waals surface area contributed by atoms with Crippen LogP contribution >= 0.6 is 15.9 Å². The summed E-state index contributed by atoms with van der Waals surface area (Å²) in [6.07, 6.45) is 0. The zero-order chi connectivity index (χ0) is 14.8. The minimum atomic E-state index is -0.710. The predicted molar refractivity (Wildman–Crippen MR) is 76.9 cm³/mol. The van der Waals surface area contributed by atoms with Crippen molar-refractivity contribution in [1.29, 1.82) is 0 Å². The van der Waals surface area contributed by atoms with Crippen LogP contribution in [0.4, 0.5) is 11.4 Å². The number of nitro benzene ring substituents is 1. The Kier molecular flexibility index (Phi) is 4.65. The Morgan fingerprint density at radius 1 is 1.47 bits per heavy atom. The molecule has 0 aliphatic rings. The molecule has 1 aromatic rings. The fourth-order valence-corrected chi connectivity index (χ4v) is 1.67. The maximum Gasteiger partial charge on any atom is 0.271 e. The zero-order valence-electron chi connectivity index (χ0n) is 10.9. The highest BCUT2D eigenvalue weighted by Gasteiger charge is 2.28. The summed E-state index contributed by atoms with van der Waals surface area (Å²) in [6, 6.07) is 3.44. The van der Waals surface area contributed by atoms with Crippen molar-refractivity contribution < 1.29 is 9.72 Å². The number of nitrogens with two attached hydrogens (primary N) is 1. The first kappa shape index (κ1) is 15.6. The summed E-state index contributed by atoms with van der Waals surface area (Å²) < 4.78 is 0.563. The van der Waals surface area contributed by atoms with Crippen LogP contribution in [-0.2, 0) is 4.79 Å². The molecule has 1 atom stereocenters. The number of halogens is 1. The van der Waals surface area contributed by atoms with Crippen LogP contribution in [0.2, 0.25) is 0 Å². The van der Waals surface area contributed by atoms with E-state index in [1.165, 1.54) is 18.2 Å². The first-order valence-electron chi connectivity index (χ1n) is 5.63. The number of carbonyl (C=O) groups is 1. The normalized spacial score (nSPS) is 12.9. The van der Waals surface area contributed by atoms with Crippen molar-refractivity contribution in [2.45, 2.75) is 26.8 Å². The minimum absolute atomic E-state index is 0.0946. The molecule has 0 fully saturated rings. The van der Waals surface area contributed by atoms with Gasteiger partial charge in [-0.25, -0.2) is 0 Å². The maximum absolute atomic E-state index is 12.0. The van der Waals surface area contributed by atoms with E-state index >= 15 is 0 Å². The van der Waals surface area contributed by atoms with Crippen LogP contribution in [0.15, 0.2) is 22.7 Å². The predicted octanol–water partition coefficient (Wildman–Crippen LogP) is 2.67. The van der Waals surface area contributed by atoms with Crippen LogP contribution in [0.3, 0.4) is 0 Å². The summed E-state index contributed by atoms with van der Waals surface area (Å²) in [4.78, 5) is 22.1. The molecule has 0 spiro atoms. The Labute approximate surface area is 119 Å². The quantitative estimate of drug-likeness (QED) is 0.657. The number of benzene rings is 1. The fraction of sp³-hybridized carbons (Fsp3) is 0.417. The Balaban J connectivity index is 2.96. The maximum atomic E-state index is 12.0. The number of anilines is 1. The molecule has 7 heteroatoms. The topological polar surface area (TPSA) is 98.3 Å². The first-order chi connectivity index (χ1) is 8.62. The van der Waals surface area contributed by atoms with Gasteiger partial charge in [0.05, 0.1) is 16.7 Å². The number of non-ortho nitro benzene ring substituents is 1. The molecule has 0 saturated carbocycles. The van der Waals surface area contributed by atoms with Gasteiger partial charge in [0.15, 0.2) is 0 Å². The summed E-state index contributed by atoms with van der Waals surface area (Å²) in [5.41, 5.74) is 5.67. The molecular formula is C12H16BrN3O3. The van der Waals surface area contributed by atoms with Gasteiger partial charge in [0.25, 0.3) is 5.69 Å². The number of nitrogens with zero attached hydrogens (tertiary/aromatic N) is 1.